The van der Waals surface area contributed by atoms with Crippen LogP contribution in [0.1, 0.15) is 5.76 Å². The summed E-state index contributed by atoms with van der Waals surface area (Å²) in [7, 11) is 0. The summed E-state index contributed by atoms with van der Waals surface area (Å²) in [4.78, 5) is 12.4. The van der Waals surface area contributed by atoms with Crippen LogP contribution in [0.3, 0.4) is 0 Å². The molecule has 0 spiro atoms. The molecule has 0 atom stereocenters. The lowest BCUT2D eigenvalue weighted by Gasteiger charge is -2.05. The van der Waals surface area contributed by atoms with Crippen LogP contribution < -0.4 is 5.32 Å². The van der Waals surface area contributed by atoms with Gasteiger partial charge in [0.25, 0.3) is 5.91 Å². The van der Waals surface area contributed by atoms with Gasteiger partial charge >= 0.3 is 0 Å². The molecule has 3 aromatic rings. The second-order valence-corrected chi connectivity index (χ2v) is 7.10. The number of anilines is 1. The maximum Gasteiger partial charge on any atom is 0.266 e. The van der Waals surface area contributed by atoms with E-state index < -0.39 is 5.91 Å². The van der Waals surface area contributed by atoms with Crippen LogP contribution in [0.15, 0.2) is 69.1 Å². The SMILES string of the molecule is N#C/C(=C\c1ccc(-c2ccc(Cl)c(Cl)c2)o1)C(=O)Nc1ccccc1Br. The number of para-hydroxylation sites is 1. The Balaban J connectivity index is 1.83. The molecule has 0 bridgehead atoms. The zero-order valence-corrected chi connectivity index (χ0v) is 16.8. The smallest absolute Gasteiger partial charge is 0.266 e. The molecule has 0 saturated heterocycles. The van der Waals surface area contributed by atoms with E-state index in [0.29, 0.717) is 27.3 Å². The van der Waals surface area contributed by atoms with E-state index >= 15 is 0 Å². The molecule has 4 nitrogen and oxygen atoms in total. The Morgan fingerprint density at radius 1 is 1.11 bits per heavy atom. The molecule has 1 amide bonds. The summed E-state index contributed by atoms with van der Waals surface area (Å²) < 4.78 is 6.42. The van der Waals surface area contributed by atoms with Crippen molar-refractivity contribution in [2.75, 3.05) is 5.32 Å². The average molecular weight is 462 g/mol. The molecule has 0 radical (unpaired) electrons. The van der Waals surface area contributed by atoms with Gasteiger partial charge in [-0.2, -0.15) is 5.26 Å². The normalized spacial score (nSPS) is 11.1. The minimum Gasteiger partial charge on any atom is -0.457 e. The zero-order valence-electron chi connectivity index (χ0n) is 13.7. The van der Waals surface area contributed by atoms with Crippen molar-refractivity contribution < 1.29 is 9.21 Å². The van der Waals surface area contributed by atoms with Gasteiger partial charge in [0, 0.05) is 16.1 Å². The lowest BCUT2D eigenvalue weighted by molar-refractivity contribution is -0.112. The Morgan fingerprint density at radius 3 is 2.59 bits per heavy atom. The van der Waals surface area contributed by atoms with Crippen LogP contribution >= 0.6 is 39.1 Å². The molecule has 0 aliphatic heterocycles. The molecular formula is C20H11BrCl2N2O2. The van der Waals surface area contributed by atoms with E-state index in [1.807, 2.05) is 12.1 Å². The van der Waals surface area contributed by atoms with E-state index in [2.05, 4.69) is 21.2 Å². The highest BCUT2D eigenvalue weighted by Crippen LogP contribution is 2.30. The molecule has 0 unspecified atom stereocenters. The fourth-order valence-electron chi connectivity index (χ4n) is 2.28. The summed E-state index contributed by atoms with van der Waals surface area (Å²) in [6.45, 7) is 0. The van der Waals surface area contributed by atoms with Gasteiger partial charge in [-0.1, -0.05) is 35.3 Å². The molecule has 7 heteroatoms. The van der Waals surface area contributed by atoms with Gasteiger partial charge in [-0.3, -0.25) is 4.79 Å². The Hall–Kier alpha value is -2.52. The van der Waals surface area contributed by atoms with Crippen LogP contribution in [0.4, 0.5) is 5.69 Å². The lowest BCUT2D eigenvalue weighted by atomic mass is 10.2. The summed E-state index contributed by atoms with van der Waals surface area (Å²) in [5, 5.41) is 12.9. The minimum absolute atomic E-state index is 0.0826. The van der Waals surface area contributed by atoms with E-state index in [0.717, 1.165) is 10.0 Å². The number of furan rings is 1. The number of nitrogens with zero attached hydrogens (tertiary/aromatic N) is 1. The third kappa shape index (κ3) is 4.61. The van der Waals surface area contributed by atoms with Crippen molar-refractivity contribution in [3.63, 3.8) is 0 Å². The van der Waals surface area contributed by atoms with Gasteiger partial charge in [-0.15, -0.1) is 0 Å². The van der Waals surface area contributed by atoms with Crippen LogP contribution in [0.2, 0.25) is 10.0 Å². The van der Waals surface area contributed by atoms with E-state index in [9.17, 15) is 10.1 Å². The fourth-order valence-corrected chi connectivity index (χ4v) is 2.96. The van der Waals surface area contributed by atoms with E-state index in [-0.39, 0.29) is 5.57 Å². The molecule has 27 heavy (non-hydrogen) atoms. The first-order chi connectivity index (χ1) is 13.0. The maximum absolute atomic E-state index is 12.4. The van der Waals surface area contributed by atoms with Crippen molar-refractivity contribution in [1.82, 2.24) is 0 Å². The van der Waals surface area contributed by atoms with E-state index in [4.69, 9.17) is 27.6 Å². The van der Waals surface area contributed by atoms with Gasteiger partial charge in [-0.05, 0) is 58.4 Å². The largest absolute Gasteiger partial charge is 0.457 e. The molecule has 1 N–H and O–H groups in total. The zero-order chi connectivity index (χ0) is 19.4. The van der Waals surface area contributed by atoms with E-state index in [1.54, 1.807) is 48.5 Å². The number of halogens is 3. The predicted octanol–water partition coefficient (Wildman–Crippen LogP) is 6.56. The van der Waals surface area contributed by atoms with Crippen LogP contribution in [0.5, 0.6) is 0 Å². The molecule has 134 valence electrons. The fraction of sp³-hybridized carbons (Fsp3) is 0. The highest BCUT2D eigenvalue weighted by atomic mass is 79.9. The number of nitriles is 1. The van der Waals surface area contributed by atoms with Gasteiger partial charge in [0.1, 0.15) is 23.2 Å². The Kier molecular flexibility index (Phi) is 6.02. The molecule has 1 aromatic heterocycles. The number of amides is 1. The standard InChI is InChI=1S/C20H11BrCl2N2O2/c21-15-3-1-2-4-18(15)25-20(26)13(11-24)9-14-6-8-19(27-14)12-5-7-16(22)17(23)10-12/h1-10H,(H,25,26)/b13-9+. The van der Waals surface area contributed by atoms with E-state index in [1.165, 1.54) is 6.08 Å². The van der Waals surface area contributed by atoms with Crippen molar-refractivity contribution in [2.45, 2.75) is 0 Å². The van der Waals surface area contributed by atoms with Crippen molar-refractivity contribution in [2.24, 2.45) is 0 Å². The highest BCUT2D eigenvalue weighted by molar-refractivity contribution is 9.10. The first kappa shape index (κ1) is 19.2. The summed E-state index contributed by atoms with van der Waals surface area (Å²) >= 11 is 15.3. The number of carbonyl (C=O) groups excluding carboxylic acids is 1. The van der Waals surface area contributed by atoms with Crippen LogP contribution in [0, 0.1) is 11.3 Å². The summed E-state index contributed by atoms with van der Waals surface area (Å²) in [6.07, 6.45) is 1.38. The minimum atomic E-state index is -0.531. The topological polar surface area (TPSA) is 66.0 Å². The van der Waals surface area contributed by atoms with Crippen molar-refractivity contribution >= 4 is 56.8 Å². The number of rotatable bonds is 4. The maximum atomic E-state index is 12.4. The van der Waals surface area contributed by atoms with Gasteiger partial charge < -0.3 is 9.73 Å². The van der Waals surface area contributed by atoms with Gasteiger partial charge in [0.05, 0.1) is 15.7 Å². The molecule has 0 fully saturated rings. The van der Waals surface area contributed by atoms with Crippen LogP contribution in [-0.4, -0.2) is 5.91 Å². The Labute approximate surface area is 174 Å². The monoisotopic (exact) mass is 460 g/mol. The molecule has 0 aliphatic rings. The third-order valence-electron chi connectivity index (χ3n) is 3.60. The summed E-state index contributed by atoms with van der Waals surface area (Å²) in [5.41, 5.74) is 1.22. The Morgan fingerprint density at radius 2 is 1.89 bits per heavy atom. The first-order valence-corrected chi connectivity index (χ1v) is 9.26. The second-order valence-electron chi connectivity index (χ2n) is 5.43. The lowest BCUT2D eigenvalue weighted by Crippen LogP contribution is -2.13. The predicted molar refractivity (Wildman–Crippen MR) is 111 cm³/mol. The Bertz CT molecular complexity index is 1080. The number of nitrogens with one attached hydrogen (secondary N) is 1. The molecule has 0 saturated carbocycles. The van der Waals surface area contributed by atoms with Crippen molar-refractivity contribution in [3.8, 4) is 17.4 Å². The highest BCUT2D eigenvalue weighted by Gasteiger charge is 2.13. The average Bonchev–Trinajstić information content (AvgIpc) is 3.12. The molecule has 1 heterocycles. The number of hydrogen-bond donors (Lipinski definition) is 1. The number of carbonyl (C=O) groups is 1. The summed E-state index contributed by atoms with van der Waals surface area (Å²) in [5.74, 6) is 0.384. The second kappa shape index (κ2) is 8.45. The van der Waals surface area contributed by atoms with Crippen LogP contribution in [-0.2, 0) is 4.79 Å². The third-order valence-corrected chi connectivity index (χ3v) is 5.04. The quantitative estimate of drug-likeness (QED) is 0.353. The number of benzene rings is 2. The van der Waals surface area contributed by atoms with Crippen molar-refractivity contribution in [1.29, 1.82) is 5.26 Å². The first-order valence-electron chi connectivity index (χ1n) is 7.71. The van der Waals surface area contributed by atoms with Gasteiger partial charge in [0.15, 0.2) is 0 Å². The molecule has 0 aliphatic carbocycles. The molecule has 3 rings (SSSR count). The molecule has 2 aromatic carbocycles. The molecular weight excluding hydrogens is 451 g/mol. The van der Waals surface area contributed by atoms with Gasteiger partial charge in [-0.25, -0.2) is 0 Å². The van der Waals surface area contributed by atoms with Gasteiger partial charge in [0.2, 0.25) is 0 Å². The summed E-state index contributed by atoms with van der Waals surface area (Å²) in [6, 6.07) is 17.5. The van der Waals surface area contributed by atoms with Crippen LogP contribution in [0.25, 0.3) is 17.4 Å². The number of hydrogen-bond acceptors (Lipinski definition) is 3. The van der Waals surface area contributed by atoms with Crippen molar-refractivity contribution in [3.05, 3.63) is 80.4 Å².